The number of carbonyl (C=O) groups excluding carboxylic acids is 1. The van der Waals surface area contributed by atoms with Gasteiger partial charge in [0.1, 0.15) is 5.25 Å². The van der Waals surface area contributed by atoms with Gasteiger partial charge in [0.05, 0.1) is 17.3 Å². The van der Waals surface area contributed by atoms with Crippen LogP contribution in [0.3, 0.4) is 0 Å². The SMILES string of the molecule is Nc1ccc(SC2CCOC2=O)cc1Cl. The molecule has 2 rings (SSSR count). The Morgan fingerprint density at radius 3 is 2.93 bits per heavy atom. The Hall–Kier alpha value is -0.870. The molecule has 1 saturated heterocycles. The number of esters is 1. The quantitative estimate of drug-likeness (QED) is 0.640. The monoisotopic (exact) mass is 243 g/mol. The first kappa shape index (κ1) is 10.6. The molecule has 1 aliphatic rings. The van der Waals surface area contributed by atoms with E-state index in [0.717, 1.165) is 11.3 Å². The average Bonchev–Trinajstić information content (AvgIpc) is 2.59. The van der Waals surface area contributed by atoms with E-state index in [2.05, 4.69) is 0 Å². The number of ether oxygens (including phenoxy) is 1. The highest BCUT2D eigenvalue weighted by atomic mass is 35.5. The summed E-state index contributed by atoms with van der Waals surface area (Å²) in [5.74, 6) is -0.145. The van der Waals surface area contributed by atoms with E-state index in [1.165, 1.54) is 11.8 Å². The van der Waals surface area contributed by atoms with Gasteiger partial charge in [-0.15, -0.1) is 11.8 Å². The van der Waals surface area contributed by atoms with Crippen LogP contribution < -0.4 is 5.73 Å². The molecular weight excluding hydrogens is 234 g/mol. The van der Waals surface area contributed by atoms with Crippen molar-refractivity contribution in [1.82, 2.24) is 0 Å². The Morgan fingerprint density at radius 2 is 2.33 bits per heavy atom. The summed E-state index contributed by atoms with van der Waals surface area (Å²) in [5.41, 5.74) is 6.14. The summed E-state index contributed by atoms with van der Waals surface area (Å²) < 4.78 is 4.87. The van der Waals surface area contributed by atoms with Gasteiger partial charge in [-0.25, -0.2) is 0 Å². The van der Waals surface area contributed by atoms with Crippen LogP contribution >= 0.6 is 23.4 Å². The molecule has 80 valence electrons. The first-order valence-electron chi connectivity index (χ1n) is 4.55. The average molecular weight is 244 g/mol. The highest BCUT2D eigenvalue weighted by Crippen LogP contribution is 2.32. The van der Waals surface area contributed by atoms with E-state index in [0.29, 0.717) is 17.3 Å². The molecule has 1 unspecified atom stereocenters. The Labute approximate surface area is 96.9 Å². The second-order valence-corrected chi connectivity index (χ2v) is 4.93. The third-order valence-electron chi connectivity index (χ3n) is 2.14. The number of carbonyl (C=O) groups is 1. The molecule has 1 aromatic rings. The van der Waals surface area contributed by atoms with Gasteiger partial charge in [-0.3, -0.25) is 4.79 Å². The van der Waals surface area contributed by atoms with Crippen molar-refractivity contribution in [3.8, 4) is 0 Å². The van der Waals surface area contributed by atoms with Crippen molar-refractivity contribution in [2.24, 2.45) is 0 Å². The molecule has 1 aliphatic heterocycles. The zero-order chi connectivity index (χ0) is 10.8. The van der Waals surface area contributed by atoms with Gasteiger partial charge in [0.15, 0.2) is 0 Å². The predicted octanol–water partition coefficient (Wildman–Crippen LogP) is 2.33. The molecule has 3 nitrogen and oxygen atoms in total. The minimum atomic E-state index is -0.145. The van der Waals surface area contributed by atoms with Crippen LogP contribution in [0.4, 0.5) is 5.69 Å². The number of thioether (sulfide) groups is 1. The van der Waals surface area contributed by atoms with E-state index in [1.54, 1.807) is 12.1 Å². The minimum absolute atomic E-state index is 0.107. The van der Waals surface area contributed by atoms with Crippen molar-refractivity contribution in [2.75, 3.05) is 12.3 Å². The lowest BCUT2D eigenvalue weighted by atomic mass is 10.3. The maximum absolute atomic E-state index is 11.2. The first-order chi connectivity index (χ1) is 7.16. The minimum Gasteiger partial charge on any atom is -0.465 e. The summed E-state index contributed by atoms with van der Waals surface area (Å²) in [4.78, 5) is 12.2. The second kappa shape index (κ2) is 4.33. The number of hydrogen-bond acceptors (Lipinski definition) is 4. The van der Waals surface area contributed by atoms with Gasteiger partial charge in [-0.1, -0.05) is 11.6 Å². The van der Waals surface area contributed by atoms with E-state index < -0.39 is 0 Å². The van der Waals surface area contributed by atoms with Crippen molar-refractivity contribution >= 4 is 35.0 Å². The second-order valence-electron chi connectivity index (χ2n) is 3.25. The highest BCUT2D eigenvalue weighted by Gasteiger charge is 2.27. The molecule has 1 fully saturated rings. The molecule has 1 atom stereocenters. The maximum Gasteiger partial charge on any atom is 0.319 e. The molecule has 0 bridgehead atoms. The topological polar surface area (TPSA) is 52.3 Å². The first-order valence-corrected chi connectivity index (χ1v) is 5.81. The van der Waals surface area contributed by atoms with Crippen LogP contribution in [-0.4, -0.2) is 17.8 Å². The van der Waals surface area contributed by atoms with Crippen LogP contribution in [-0.2, 0) is 9.53 Å². The van der Waals surface area contributed by atoms with Crippen molar-refractivity contribution < 1.29 is 9.53 Å². The Bertz CT molecular complexity index is 397. The third-order valence-corrected chi connectivity index (χ3v) is 3.70. The summed E-state index contributed by atoms with van der Waals surface area (Å²) in [6.45, 7) is 0.513. The normalized spacial score (nSPS) is 20.3. The summed E-state index contributed by atoms with van der Waals surface area (Å²) in [6, 6.07) is 5.37. The molecular formula is C10H10ClNO2S. The Balaban J connectivity index is 2.10. The van der Waals surface area contributed by atoms with E-state index in [9.17, 15) is 4.79 Å². The van der Waals surface area contributed by atoms with Crippen molar-refractivity contribution in [3.05, 3.63) is 23.2 Å². The summed E-state index contributed by atoms with van der Waals surface area (Å²) in [5, 5.41) is 0.413. The molecule has 0 saturated carbocycles. The molecule has 5 heteroatoms. The van der Waals surface area contributed by atoms with Crippen LogP contribution in [0.1, 0.15) is 6.42 Å². The van der Waals surface area contributed by atoms with Crippen molar-refractivity contribution in [1.29, 1.82) is 0 Å². The Morgan fingerprint density at radius 1 is 1.53 bits per heavy atom. The van der Waals surface area contributed by atoms with Crippen LogP contribution in [0, 0.1) is 0 Å². The van der Waals surface area contributed by atoms with Crippen molar-refractivity contribution in [3.63, 3.8) is 0 Å². The maximum atomic E-state index is 11.2. The molecule has 2 N–H and O–H groups in total. The van der Waals surface area contributed by atoms with Gasteiger partial charge >= 0.3 is 5.97 Å². The lowest BCUT2D eigenvalue weighted by Crippen LogP contribution is -2.09. The smallest absolute Gasteiger partial charge is 0.319 e. The molecule has 0 spiro atoms. The largest absolute Gasteiger partial charge is 0.465 e. The summed E-state index contributed by atoms with van der Waals surface area (Å²) in [6.07, 6.45) is 0.755. The predicted molar refractivity (Wildman–Crippen MR) is 61.1 cm³/mol. The fourth-order valence-corrected chi connectivity index (χ4v) is 2.61. The van der Waals surface area contributed by atoms with Crippen molar-refractivity contribution in [2.45, 2.75) is 16.6 Å². The van der Waals surface area contributed by atoms with Gasteiger partial charge in [0.25, 0.3) is 0 Å². The lowest BCUT2D eigenvalue weighted by Gasteiger charge is -2.06. The van der Waals surface area contributed by atoms with E-state index >= 15 is 0 Å². The fraction of sp³-hybridized carbons (Fsp3) is 0.300. The number of nitrogen functional groups attached to an aromatic ring is 1. The molecule has 0 aromatic heterocycles. The molecule has 15 heavy (non-hydrogen) atoms. The Kier molecular flexibility index (Phi) is 3.07. The van der Waals surface area contributed by atoms with Crippen LogP contribution in [0.5, 0.6) is 0 Å². The number of rotatable bonds is 2. The van der Waals surface area contributed by atoms with E-state index in [-0.39, 0.29) is 11.2 Å². The van der Waals surface area contributed by atoms with Crippen LogP contribution in [0.15, 0.2) is 23.1 Å². The van der Waals surface area contributed by atoms with Gasteiger partial charge in [-0.05, 0) is 18.2 Å². The number of anilines is 1. The van der Waals surface area contributed by atoms with Gasteiger partial charge in [-0.2, -0.15) is 0 Å². The zero-order valence-electron chi connectivity index (χ0n) is 7.90. The molecule has 0 amide bonds. The van der Waals surface area contributed by atoms with Crippen LogP contribution in [0.2, 0.25) is 5.02 Å². The molecule has 0 aliphatic carbocycles. The fourth-order valence-electron chi connectivity index (χ4n) is 1.33. The van der Waals surface area contributed by atoms with Gasteiger partial charge in [0.2, 0.25) is 0 Å². The number of hydrogen-bond donors (Lipinski definition) is 1. The van der Waals surface area contributed by atoms with Gasteiger partial charge in [0, 0.05) is 11.3 Å². The number of cyclic esters (lactones) is 1. The number of benzene rings is 1. The zero-order valence-corrected chi connectivity index (χ0v) is 9.48. The van der Waals surface area contributed by atoms with Crippen LogP contribution in [0.25, 0.3) is 0 Å². The molecule has 0 radical (unpaired) electrons. The summed E-state index contributed by atoms with van der Waals surface area (Å²) >= 11 is 7.35. The molecule has 1 aromatic carbocycles. The van der Waals surface area contributed by atoms with E-state index in [1.807, 2.05) is 6.07 Å². The van der Waals surface area contributed by atoms with E-state index in [4.69, 9.17) is 22.1 Å². The van der Waals surface area contributed by atoms with Gasteiger partial charge < -0.3 is 10.5 Å². The highest BCUT2D eigenvalue weighted by molar-refractivity contribution is 8.00. The lowest BCUT2D eigenvalue weighted by molar-refractivity contribution is -0.137. The number of nitrogens with two attached hydrogens (primary N) is 1. The number of halogens is 1. The standard InChI is InChI=1S/C10H10ClNO2S/c11-7-5-6(1-2-8(7)12)15-9-3-4-14-10(9)13/h1-2,5,9H,3-4,12H2. The third kappa shape index (κ3) is 2.38. The summed E-state index contributed by atoms with van der Waals surface area (Å²) in [7, 11) is 0. The molecule has 1 heterocycles.